The van der Waals surface area contributed by atoms with Crippen molar-refractivity contribution in [2.45, 2.75) is 25.1 Å². The number of amides is 1. The summed E-state index contributed by atoms with van der Waals surface area (Å²) >= 11 is 20.4. The molecule has 3 heterocycles. The van der Waals surface area contributed by atoms with Gasteiger partial charge in [0.25, 0.3) is 11.5 Å². The molecule has 43 heavy (non-hydrogen) atoms. The van der Waals surface area contributed by atoms with Crippen molar-refractivity contribution >= 4 is 46.4 Å². The number of nitrogens with one attached hydrogen (secondary N) is 2. The van der Waals surface area contributed by atoms with Crippen molar-refractivity contribution in [2.75, 3.05) is 25.6 Å². The Morgan fingerprint density at radius 2 is 1.84 bits per heavy atom. The van der Waals surface area contributed by atoms with E-state index in [2.05, 4.69) is 20.7 Å². The number of aliphatic hydroxyl groups is 1. The highest BCUT2D eigenvalue weighted by atomic mass is 35.5. The Kier molecular flexibility index (Phi) is 9.65. The van der Waals surface area contributed by atoms with Crippen molar-refractivity contribution in [3.63, 3.8) is 0 Å². The van der Waals surface area contributed by atoms with Crippen molar-refractivity contribution in [3.8, 4) is 28.3 Å². The van der Waals surface area contributed by atoms with E-state index in [1.54, 1.807) is 36.4 Å². The quantitative estimate of drug-likeness (QED) is 0.245. The van der Waals surface area contributed by atoms with Crippen LogP contribution in [0.15, 0.2) is 59.5 Å². The fraction of sp³-hybridized carbons (Fsp3) is 0.267. The number of rotatable bonds is 8. The average molecular weight is 645 g/mol. The molecule has 13 heteroatoms. The van der Waals surface area contributed by atoms with Gasteiger partial charge in [-0.05, 0) is 24.6 Å². The highest BCUT2D eigenvalue weighted by Crippen LogP contribution is 2.42. The maximum atomic E-state index is 12.9. The Balaban J connectivity index is 1.44. The van der Waals surface area contributed by atoms with Crippen LogP contribution in [-0.2, 0) is 18.3 Å². The molecular weight excluding hydrogens is 617 g/mol. The fourth-order valence-electron chi connectivity index (χ4n) is 4.82. The average Bonchev–Trinajstić information content (AvgIpc) is 2.99. The topological polar surface area (TPSA) is 128 Å². The van der Waals surface area contributed by atoms with E-state index in [0.717, 1.165) is 4.68 Å². The molecule has 1 aliphatic heterocycles. The number of anilines is 1. The number of aliphatic hydroxyl groups excluding tert-OH is 1. The van der Waals surface area contributed by atoms with Crippen LogP contribution in [0.1, 0.15) is 22.3 Å². The summed E-state index contributed by atoms with van der Waals surface area (Å²) in [5, 5.41) is 21.1. The van der Waals surface area contributed by atoms with Crippen LogP contribution in [0.4, 0.5) is 5.69 Å². The van der Waals surface area contributed by atoms with Gasteiger partial charge in [-0.3, -0.25) is 9.59 Å². The van der Waals surface area contributed by atoms with Gasteiger partial charge in [-0.15, -0.1) is 0 Å². The number of methoxy groups -OCH3 is 1. The van der Waals surface area contributed by atoms with E-state index in [0.29, 0.717) is 69.1 Å². The number of hydrogen-bond acceptors (Lipinski definition) is 8. The van der Waals surface area contributed by atoms with E-state index in [-0.39, 0.29) is 23.2 Å². The van der Waals surface area contributed by atoms with Gasteiger partial charge in [-0.25, -0.2) is 9.67 Å². The molecule has 4 aromatic rings. The van der Waals surface area contributed by atoms with Crippen LogP contribution in [0, 0.1) is 0 Å². The molecule has 0 aliphatic carbocycles. The molecule has 0 radical (unpaired) electrons. The summed E-state index contributed by atoms with van der Waals surface area (Å²) in [6.45, 7) is 1.18. The molecule has 224 valence electrons. The number of carbonyl (C=O) groups excluding carboxylic acids is 1. The van der Waals surface area contributed by atoms with E-state index in [1.807, 2.05) is 6.07 Å². The lowest BCUT2D eigenvalue weighted by Gasteiger charge is -2.29. The van der Waals surface area contributed by atoms with Crippen molar-refractivity contribution in [2.24, 2.45) is 7.05 Å². The fourth-order valence-corrected chi connectivity index (χ4v) is 5.67. The predicted octanol–water partition coefficient (Wildman–Crippen LogP) is 4.97. The maximum absolute atomic E-state index is 12.9. The molecule has 3 N–H and O–H groups in total. The molecule has 2 atom stereocenters. The minimum atomic E-state index is -0.617. The van der Waals surface area contributed by atoms with Crippen LogP contribution in [0.25, 0.3) is 22.4 Å². The zero-order chi connectivity index (χ0) is 30.7. The summed E-state index contributed by atoms with van der Waals surface area (Å²) in [5.41, 5.74) is 2.57. The second-order valence-corrected chi connectivity index (χ2v) is 11.0. The number of hydrogen-bond donors (Lipinski definition) is 3. The highest BCUT2D eigenvalue weighted by Gasteiger charge is 2.25. The smallest absolute Gasteiger partial charge is 0.279 e. The van der Waals surface area contributed by atoms with Gasteiger partial charge in [-0.2, -0.15) is 5.10 Å². The lowest BCUT2D eigenvalue weighted by Crippen LogP contribution is -2.46. The number of aryl methyl sites for hydroxylation is 1. The number of benzene rings is 2. The number of aromatic nitrogens is 3. The van der Waals surface area contributed by atoms with E-state index >= 15 is 0 Å². The summed E-state index contributed by atoms with van der Waals surface area (Å²) < 4.78 is 12.0. The van der Waals surface area contributed by atoms with Gasteiger partial charge in [0.05, 0.1) is 46.3 Å². The summed E-state index contributed by atoms with van der Waals surface area (Å²) in [7, 11) is 2.97. The van der Waals surface area contributed by atoms with Gasteiger partial charge in [0.2, 0.25) is 5.88 Å². The zero-order valence-corrected chi connectivity index (χ0v) is 25.5. The molecule has 2 aromatic heterocycles. The van der Waals surface area contributed by atoms with Crippen LogP contribution in [0.5, 0.6) is 5.88 Å². The number of halogens is 3. The molecule has 1 saturated heterocycles. The van der Waals surface area contributed by atoms with Gasteiger partial charge >= 0.3 is 0 Å². The molecular formula is C30H28Cl3N5O5. The molecule has 2 aromatic carbocycles. The Morgan fingerprint density at radius 3 is 2.58 bits per heavy atom. The first-order valence-electron chi connectivity index (χ1n) is 13.3. The third-order valence-corrected chi connectivity index (χ3v) is 8.31. The van der Waals surface area contributed by atoms with Crippen LogP contribution in [0.2, 0.25) is 15.1 Å². The standard InChI is InChI=1S/C30H28Cl3N5O5/c1-38-30(41)19(9-11-35-38)28(40)36-23-8-4-6-17(27(23)33)16-5-3-7-18(26(16)32)24-13-21(31)20(29(37-24)42-2)14-34-22-10-12-43-15-25(22)39/h3-9,11,13,22,25,34,39H,10,12,14-15H2,1-2H3,(H,36,40)/t22?,25-/m0/s1. The first-order chi connectivity index (χ1) is 20.7. The van der Waals surface area contributed by atoms with Crippen LogP contribution in [0.3, 0.4) is 0 Å². The largest absolute Gasteiger partial charge is 0.481 e. The monoisotopic (exact) mass is 643 g/mol. The van der Waals surface area contributed by atoms with Gasteiger partial charge < -0.3 is 25.2 Å². The number of pyridine rings is 1. The van der Waals surface area contributed by atoms with Gasteiger partial charge in [-0.1, -0.05) is 65.1 Å². The first-order valence-corrected chi connectivity index (χ1v) is 14.5. The van der Waals surface area contributed by atoms with Gasteiger partial charge in [0, 0.05) is 54.7 Å². The normalized spacial score (nSPS) is 16.6. The van der Waals surface area contributed by atoms with E-state index in [4.69, 9.17) is 44.3 Å². The molecule has 5 rings (SSSR count). The Hall–Kier alpha value is -3.51. The molecule has 1 unspecified atom stereocenters. The Bertz CT molecular complexity index is 1730. The van der Waals surface area contributed by atoms with Crippen molar-refractivity contribution in [1.29, 1.82) is 0 Å². The second kappa shape index (κ2) is 13.4. The summed E-state index contributed by atoms with van der Waals surface area (Å²) in [6.07, 6.45) is 1.42. The molecule has 10 nitrogen and oxygen atoms in total. The minimum absolute atomic E-state index is 0.0708. The van der Waals surface area contributed by atoms with Gasteiger partial charge in [0.1, 0.15) is 5.56 Å². The third-order valence-electron chi connectivity index (χ3n) is 7.15. The molecule has 0 bridgehead atoms. The third kappa shape index (κ3) is 6.54. The number of nitrogens with zero attached hydrogens (tertiary/aromatic N) is 3. The molecule has 0 spiro atoms. The Morgan fingerprint density at radius 1 is 1.12 bits per heavy atom. The van der Waals surface area contributed by atoms with Crippen molar-refractivity contribution < 1.29 is 19.4 Å². The number of ether oxygens (including phenoxy) is 2. The molecule has 1 aliphatic rings. The van der Waals surface area contributed by atoms with Crippen LogP contribution >= 0.6 is 34.8 Å². The first kappa shape index (κ1) is 30.9. The summed E-state index contributed by atoms with van der Waals surface area (Å²) in [6, 6.07) is 13.5. The van der Waals surface area contributed by atoms with E-state index in [9.17, 15) is 14.7 Å². The minimum Gasteiger partial charge on any atom is -0.481 e. The van der Waals surface area contributed by atoms with E-state index in [1.165, 1.54) is 26.4 Å². The SMILES string of the molecule is COc1nc(-c2cccc(-c3cccc(NC(=O)c4ccnn(C)c4=O)c3Cl)c2Cl)cc(Cl)c1CNC1CCOC[C@@H]1O. The Labute approximate surface area is 262 Å². The van der Waals surface area contributed by atoms with Crippen LogP contribution in [-0.4, -0.2) is 58.2 Å². The highest BCUT2D eigenvalue weighted by molar-refractivity contribution is 6.39. The zero-order valence-electron chi connectivity index (χ0n) is 23.2. The summed E-state index contributed by atoms with van der Waals surface area (Å²) in [4.78, 5) is 29.9. The van der Waals surface area contributed by atoms with Crippen molar-refractivity contribution in [3.05, 3.63) is 91.3 Å². The van der Waals surface area contributed by atoms with Crippen LogP contribution < -0.4 is 20.9 Å². The predicted molar refractivity (Wildman–Crippen MR) is 166 cm³/mol. The molecule has 1 amide bonds. The van der Waals surface area contributed by atoms with Crippen molar-refractivity contribution in [1.82, 2.24) is 20.1 Å². The lowest BCUT2D eigenvalue weighted by atomic mass is 10.00. The number of carbonyl (C=O) groups is 1. The summed E-state index contributed by atoms with van der Waals surface area (Å²) in [5.74, 6) is -0.295. The molecule has 0 saturated carbocycles. The maximum Gasteiger partial charge on any atom is 0.279 e. The lowest BCUT2D eigenvalue weighted by molar-refractivity contribution is -0.0281. The molecule has 1 fully saturated rings. The van der Waals surface area contributed by atoms with E-state index < -0.39 is 17.6 Å². The second-order valence-electron chi connectivity index (χ2n) is 9.86. The van der Waals surface area contributed by atoms with Gasteiger partial charge in [0.15, 0.2) is 0 Å².